The number of nitrogens with one attached hydrogen (secondary N) is 2. The van der Waals surface area contributed by atoms with Crippen LogP contribution >= 0.6 is 92.8 Å². The van der Waals surface area contributed by atoms with Gasteiger partial charge in [-0.25, -0.2) is 9.97 Å². The van der Waals surface area contributed by atoms with E-state index in [9.17, 15) is 0 Å². The summed E-state index contributed by atoms with van der Waals surface area (Å²) < 4.78 is 0. The van der Waals surface area contributed by atoms with Crippen molar-refractivity contribution in [3.63, 3.8) is 0 Å². The van der Waals surface area contributed by atoms with Crippen molar-refractivity contribution in [3.8, 4) is 44.5 Å². The summed E-state index contributed by atoms with van der Waals surface area (Å²) in [5, 5.41) is 4.00. The molecule has 0 aliphatic carbocycles. The summed E-state index contributed by atoms with van der Waals surface area (Å²) in [6.45, 7) is 0. The van der Waals surface area contributed by atoms with Gasteiger partial charge in [0.05, 0.1) is 22.8 Å². The van der Waals surface area contributed by atoms with Crippen molar-refractivity contribution in [2.75, 3.05) is 0 Å². The molecule has 0 atom stereocenters. The lowest BCUT2D eigenvalue weighted by Gasteiger charge is -2.10. The molecule has 12 heteroatoms. The molecule has 0 spiro atoms. The van der Waals surface area contributed by atoms with Gasteiger partial charge < -0.3 is 9.97 Å². The standard InChI is InChI=1S/C44H22Cl8N4/c45-21-1-5-29(49)25(17-21)41-33-9-11-35(53-33)42(26-18-22(46)2-6-30(26)50)37-13-15-39(55-37)44(28-20-24(48)4-8-32(28)52)40-16-14-38(56-40)43(36-12-10-34(41)54-36)27-19-23(47)3-7-31(27)51/h1-20,53,56H. The summed E-state index contributed by atoms with van der Waals surface area (Å²) in [6, 6.07) is 29.2. The normalized spacial score (nSPS) is 12.1. The Kier molecular flexibility index (Phi) is 9.98. The zero-order chi connectivity index (χ0) is 38.8. The molecule has 3 aromatic heterocycles. The van der Waals surface area contributed by atoms with Crippen LogP contribution in [0.25, 0.3) is 90.9 Å². The van der Waals surface area contributed by atoms with E-state index in [1.165, 1.54) is 0 Å². The molecule has 2 N–H and O–H groups in total. The average Bonchev–Trinajstić information content (AvgIpc) is 4.01. The maximum atomic E-state index is 6.94. The Morgan fingerprint density at radius 2 is 0.536 bits per heavy atom. The van der Waals surface area contributed by atoms with E-state index in [-0.39, 0.29) is 0 Å². The lowest BCUT2D eigenvalue weighted by molar-refractivity contribution is 1.31. The second-order valence-electron chi connectivity index (χ2n) is 13.0. The number of hydrogen-bond donors (Lipinski definition) is 2. The molecule has 56 heavy (non-hydrogen) atoms. The molecule has 0 fully saturated rings. The van der Waals surface area contributed by atoms with Crippen molar-refractivity contribution in [1.29, 1.82) is 0 Å². The molecule has 2 aliphatic heterocycles. The Morgan fingerprint density at radius 1 is 0.304 bits per heavy atom. The van der Waals surface area contributed by atoms with Crippen molar-refractivity contribution >= 4 is 139 Å². The quantitative estimate of drug-likeness (QED) is 0.185. The van der Waals surface area contributed by atoms with Crippen molar-refractivity contribution in [1.82, 2.24) is 19.9 Å². The maximum Gasteiger partial charge on any atom is 0.0737 e. The predicted molar refractivity (Wildman–Crippen MR) is 241 cm³/mol. The van der Waals surface area contributed by atoms with E-state index in [2.05, 4.69) is 9.97 Å². The molecule has 4 aromatic carbocycles. The molecular formula is C44H22Cl8N4. The van der Waals surface area contributed by atoms with Crippen molar-refractivity contribution < 1.29 is 0 Å². The minimum atomic E-state index is 0.489. The Hall–Kier alpha value is -4.20. The number of nitrogens with zero attached hydrogens (tertiary/aromatic N) is 2. The molecule has 0 radical (unpaired) electrons. The van der Waals surface area contributed by atoms with Gasteiger partial charge in [0.15, 0.2) is 0 Å². The third kappa shape index (κ3) is 6.83. The van der Waals surface area contributed by atoms with Crippen LogP contribution in [0.2, 0.25) is 40.2 Å². The van der Waals surface area contributed by atoms with Crippen LogP contribution in [-0.2, 0) is 0 Å². The smallest absolute Gasteiger partial charge is 0.0737 e. The highest BCUT2D eigenvalue weighted by atomic mass is 35.5. The fraction of sp³-hybridized carbons (Fsp3) is 0. The molecule has 0 saturated carbocycles. The minimum absolute atomic E-state index is 0.489. The summed E-state index contributed by atoms with van der Waals surface area (Å²) in [5.41, 5.74) is 10.9. The third-order valence-electron chi connectivity index (χ3n) is 9.54. The molecule has 4 nitrogen and oxygen atoms in total. The highest BCUT2D eigenvalue weighted by Gasteiger charge is 2.22. The third-order valence-corrected chi connectivity index (χ3v) is 11.8. The van der Waals surface area contributed by atoms with Gasteiger partial charge in [-0.15, -0.1) is 0 Å². The Labute approximate surface area is 360 Å². The molecule has 5 heterocycles. The van der Waals surface area contributed by atoms with Crippen LogP contribution in [0.1, 0.15) is 22.8 Å². The Balaban J connectivity index is 1.52. The first kappa shape index (κ1) is 37.4. The monoisotopic (exact) mass is 886 g/mol. The highest BCUT2D eigenvalue weighted by molar-refractivity contribution is 6.38. The lowest BCUT2D eigenvalue weighted by atomic mass is 10.0. The molecule has 274 valence electrons. The van der Waals surface area contributed by atoms with E-state index >= 15 is 0 Å². The van der Waals surface area contributed by atoms with Crippen molar-refractivity contribution in [2.24, 2.45) is 0 Å². The fourth-order valence-electron chi connectivity index (χ4n) is 7.10. The van der Waals surface area contributed by atoms with Crippen LogP contribution in [0, 0.1) is 0 Å². The van der Waals surface area contributed by atoms with Gasteiger partial charge in [-0.2, -0.15) is 0 Å². The van der Waals surface area contributed by atoms with Gasteiger partial charge in [-0.3, -0.25) is 0 Å². The first-order chi connectivity index (χ1) is 27.0. The zero-order valence-corrected chi connectivity index (χ0v) is 34.5. The second kappa shape index (κ2) is 14.9. The first-order valence-corrected chi connectivity index (χ1v) is 20.0. The molecule has 2 aliphatic rings. The van der Waals surface area contributed by atoms with Gasteiger partial charge in [0, 0.05) is 107 Å². The maximum absolute atomic E-state index is 6.94. The highest BCUT2D eigenvalue weighted by Crippen LogP contribution is 2.44. The van der Waals surface area contributed by atoms with Crippen LogP contribution in [-0.4, -0.2) is 19.9 Å². The Morgan fingerprint density at radius 3 is 0.768 bits per heavy atom. The summed E-state index contributed by atoms with van der Waals surface area (Å²) in [7, 11) is 0. The summed E-state index contributed by atoms with van der Waals surface area (Å²) in [4.78, 5) is 17.8. The number of aromatic amines is 2. The van der Waals surface area contributed by atoms with Gasteiger partial charge >= 0.3 is 0 Å². The van der Waals surface area contributed by atoms with Crippen LogP contribution in [0.4, 0.5) is 0 Å². The molecule has 8 bridgehead atoms. The number of rotatable bonds is 4. The zero-order valence-electron chi connectivity index (χ0n) is 28.5. The van der Waals surface area contributed by atoms with E-state index in [0.717, 1.165) is 0 Å². The number of benzene rings is 4. The van der Waals surface area contributed by atoms with Crippen LogP contribution in [0.3, 0.4) is 0 Å². The van der Waals surface area contributed by atoms with E-state index < -0.39 is 0 Å². The van der Waals surface area contributed by atoms with E-state index in [0.29, 0.717) is 130 Å². The lowest BCUT2D eigenvalue weighted by Crippen LogP contribution is -1.91. The van der Waals surface area contributed by atoms with Crippen molar-refractivity contribution in [3.05, 3.63) is 160 Å². The van der Waals surface area contributed by atoms with E-state index in [4.69, 9.17) is 103 Å². The van der Waals surface area contributed by atoms with Crippen LogP contribution in [0.5, 0.6) is 0 Å². The molecule has 0 amide bonds. The topological polar surface area (TPSA) is 57.4 Å². The SMILES string of the molecule is Clc1ccc(Cl)c(-c2c3nc(c(-c4cc(Cl)ccc4Cl)c4ccc([nH]4)c(-c4cc(Cl)ccc4Cl)c4nc(c(-c5cc(Cl)ccc5Cl)c5ccc2[nH]5)C=C4)C=C3)c1. The summed E-state index contributed by atoms with van der Waals surface area (Å²) >= 11 is 54.2. The molecule has 0 unspecified atom stereocenters. The summed E-state index contributed by atoms with van der Waals surface area (Å²) in [6.07, 6.45) is 7.76. The van der Waals surface area contributed by atoms with Gasteiger partial charge in [-0.05, 0) is 121 Å². The predicted octanol–water partition coefficient (Wildman–Crippen LogP) is 16.6. The number of H-pyrrole nitrogens is 2. The molecule has 0 saturated heterocycles. The molecule has 7 aromatic rings. The average molecular weight is 890 g/mol. The number of fused-ring (bicyclic) bond motifs is 8. The number of halogens is 8. The van der Waals surface area contributed by atoms with Crippen LogP contribution < -0.4 is 0 Å². The number of aromatic nitrogens is 4. The van der Waals surface area contributed by atoms with Crippen molar-refractivity contribution in [2.45, 2.75) is 0 Å². The Bertz CT molecular complexity index is 2640. The van der Waals surface area contributed by atoms with E-state index in [1.807, 2.05) is 72.8 Å². The first-order valence-electron chi connectivity index (χ1n) is 17.0. The van der Waals surface area contributed by atoms with Gasteiger partial charge in [-0.1, -0.05) is 92.8 Å². The van der Waals surface area contributed by atoms with Gasteiger partial charge in [0.1, 0.15) is 0 Å². The van der Waals surface area contributed by atoms with Gasteiger partial charge in [0.2, 0.25) is 0 Å². The second-order valence-corrected chi connectivity index (χ2v) is 16.4. The molecule has 9 rings (SSSR count). The van der Waals surface area contributed by atoms with E-state index in [1.54, 1.807) is 48.5 Å². The minimum Gasteiger partial charge on any atom is -0.354 e. The molecular weight excluding hydrogens is 868 g/mol. The summed E-state index contributed by atoms with van der Waals surface area (Å²) in [5.74, 6) is 0. The largest absolute Gasteiger partial charge is 0.354 e. The van der Waals surface area contributed by atoms with Crippen LogP contribution in [0.15, 0.2) is 97.1 Å². The fourth-order valence-corrected chi connectivity index (χ4v) is 8.63. The van der Waals surface area contributed by atoms with Gasteiger partial charge in [0.25, 0.3) is 0 Å². The number of hydrogen-bond acceptors (Lipinski definition) is 2.